The van der Waals surface area contributed by atoms with Crippen molar-refractivity contribution in [1.29, 1.82) is 0 Å². The molecule has 0 aromatic rings. The van der Waals surface area contributed by atoms with Crippen LogP contribution >= 0.6 is 0 Å². The van der Waals surface area contributed by atoms with Crippen LogP contribution in [0, 0.1) is 0 Å². The number of alkyl halides is 1. The molecule has 0 aliphatic rings. The van der Waals surface area contributed by atoms with Gasteiger partial charge in [-0.2, -0.15) is 0 Å². The topological polar surface area (TPSA) is 18.5 Å². The predicted octanol–water partition coefficient (Wildman–Crippen LogP) is 1.18. The third-order valence-electron chi connectivity index (χ3n) is 0.829. The van der Waals surface area contributed by atoms with Gasteiger partial charge in [0.15, 0.2) is 0 Å². The summed E-state index contributed by atoms with van der Waals surface area (Å²) in [5.74, 6) is 0. The van der Waals surface area contributed by atoms with Gasteiger partial charge in [-0.3, -0.25) is 0 Å². The first-order valence-corrected chi connectivity index (χ1v) is 3.24. The Labute approximate surface area is 60.6 Å². The summed E-state index contributed by atoms with van der Waals surface area (Å²) in [7, 11) is 0. The second-order valence-electron chi connectivity index (χ2n) is 1.66. The highest BCUT2D eigenvalue weighted by Crippen LogP contribution is 1.79. The van der Waals surface area contributed by atoms with Crippen molar-refractivity contribution in [3.05, 3.63) is 12.7 Å². The van der Waals surface area contributed by atoms with E-state index in [-0.39, 0.29) is 6.61 Å². The van der Waals surface area contributed by atoms with Crippen LogP contribution in [0.25, 0.3) is 0 Å². The third kappa shape index (κ3) is 7.59. The SMILES string of the molecule is C=CCOCCOCCF. The molecule has 0 unspecified atom stereocenters. The lowest BCUT2D eigenvalue weighted by Crippen LogP contribution is -2.05. The van der Waals surface area contributed by atoms with Crippen LogP contribution in [0.2, 0.25) is 0 Å². The molecular weight excluding hydrogens is 135 g/mol. The van der Waals surface area contributed by atoms with Gasteiger partial charge < -0.3 is 9.47 Å². The monoisotopic (exact) mass is 148 g/mol. The molecule has 0 amide bonds. The van der Waals surface area contributed by atoms with Crippen LogP contribution in [-0.2, 0) is 9.47 Å². The number of hydrogen-bond donors (Lipinski definition) is 0. The van der Waals surface area contributed by atoms with Gasteiger partial charge in [0.05, 0.1) is 26.4 Å². The lowest BCUT2D eigenvalue weighted by molar-refractivity contribution is 0.0526. The van der Waals surface area contributed by atoms with Crippen molar-refractivity contribution in [2.75, 3.05) is 33.1 Å². The maximum atomic E-state index is 11.4. The van der Waals surface area contributed by atoms with Crippen LogP contribution in [0.3, 0.4) is 0 Å². The van der Waals surface area contributed by atoms with E-state index in [1.54, 1.807) is 6.08 Å². The van der Waals surface area contributed by atoms with E-state index in [0.717, 1.165) is 0 Å². The minimum Gasteiger partial charge on any atom is -0.376 e. The van der Waals surface area contributed by atoms with Gasteiger partial charge in [-0.1, -0.05) is 6.08 Å². The molecule has 0 rings (SSSR count). The van der Waals surface area contributed by atoms with Gasteiger partial charge >= 0.3 is 0 Å². The van der Waals surface area contributed by atoms with E-state index in [1.807, 2.05) is 0 Å². The predicted molar refractivity (Wildman–Crippen MR) is 37.8 cm³/mol. The van der Waals surface area contributed by atoms with Crippen molar-refractivity contribution >= 4 is 0 Å². The van der Waals surface area contributed by atoms with Gasteiger partial charge in [-0.15, -0.1) is 6.58 Å². The van der Waals surface area contributed by atoms with E-state index in [9.17, 15) is 4.39 Å². The second-order valence-corrected chi connectivity index (χ2v) is 1.66. The van der Waals surface area contributed by atoms with Gasteiger partial charge in [0.1, 0.15) is 6.67 Å². The van der Waals surface area contributed by atoms with Crippen molar-refractivity contribution in [3.63, 3.8) is 0 Å². The Bertz CT molecular complexity index is 76.0. The lowest BCUT2D eigenvalue weighted by Gasteiger charge is -2.00. The summed E-state index contributed by atoms with van der Waals surface area (Å²) in [6.07, 6.45) is 1.66. The molecule has 2 nitrogen and oxygen atoms in total. The van der Waals surface area contributed by atoms with Crippen LogP contribution in [0.4, 0.5) is 4.39 Å². The molecule has 0 aliphatic heterocycles. The Morgan fingerprint density at radius 3 is 2.50 bits per heavy atom. The van der Waals surface area contributed by atoms with Crippen molar-refractivity contribution < 1.29 is 13.9 Å². The summed E-state index contributed by atoms with van der Waals surface area (Å²) in [5, 5.41) is 0. The van der Waals surface area contributed by atoms with Crippen molar-refractivity contribution in [3.8, 4) is 0 Å². The maximum absolute atomic E-state index is 11.4. The number of rotatable bonds is 7. The van der Waals surface area contributed by atoms with Crippen LogP contribution in [0.5, 0.6) is 0 Å². The molecule has 0 heterocycles. The molecule has 0 bridgehead atoms. The lowest BCUT2D eigenvalue weighted by atomic mass is 10.7. The number of halogens is 1. The Kier molecular flexibility index (Phi) is 8.24. The summed E-state index contributed by atoms with van der Waals surface area (Å²) in [6, 6.07) is 0. The van der Waals surface area contributed by atoms with Crippen molar-refractivity contribution in [2.24, 2.45) is 0 Å². The van der Waals surface area contributed by atoms with E-state index >= 15 is 0 Å². The van der Waals surface area contributed by atoms with E-state index in [2.05, 4.69) is 6.58 Å². The van der Waals surface area contributed by atoms with Gasteiger partial charge in [-0.05, 0) is 0 Å². The summed E-state index contributed by atoms with van der Waals surface area (Å²) in [5.41, 5.74) is 0. The van der Waals surface area contributed by atoms with Crippen LogP contribution in [0.15, 0.2) is 12.7 Å². The molecule has 0 saturated carbocycles. The molecule has 60 valence electrons. The zero-order valence-corrected chi connectivity index (χ0v) is 6.01. The number of hydrogen-bond acceptors (Lipinski definition) is 2. The van der Waals surface area contributed by atoms with Gasteiger partial charge in [-0.25, -0.2) is 4.39 Å². The maximum Gasteiger partial charge on any atom is 0.113 e. The molecule has 0 radical (unpaired) electrons. The fourth-order valence-electron chi connectivity index (χ4n) is 0.441. The summed E-state index contributed by atoms with van der Waals surface area (Å²) < 4.78 is 21.1. The van der Waals surface area contributed by atoms with Crippen LogP contribution < -0.4 is 0 Å². The number of ether oxygens (including phenoxy) is 2. The highest BCUT2D eigenvalue weighted by Gasteiger charge is 1.85. The average molecular weight is 148 g/mol. The third-order valence-corrected chi connectivity index (χ3v) is 0.829. The highest BCUT2D eigenvalue weighted by atomic mass is 19.1. The van der Waals surface area contributed by atoms with Gasteiger partial charge in [0.2, 0.25) is 0 Å². The smallest absolute Gasteiger partial charge is 0.113 e. The first kappa shape index (κ1) is 9.59. The van der Waals surface area contributed by atoms with Gasteiger partial charge in [0.25, 0.3) is 0 Å². The van der Waals surface area contributed by atoms with Crippen molar-refractivity contribution in [2.45, 2.75) is 0 Å². The molecule has 3 heteroatoms. The van der Waals surface area contributed by atoms with Crippen LogP contribution in [-0.4, -0.2) is 33.1 Å². The molecule has 0 spiro atoms. The van der Waals surface area contributed by atoms with Gasteiger partial charge in [0, 0.05) is 0 Å². The highest BCUT2D eigenvalue weighted by molar-refractivity contribution is 4.63. The first-order valence-electron chi connectivity index (χ1n) is 3.24. The molecule has 0 fully saturated rings. The normalized spacial score (nSPS) is 9.70. The van der Waals surface area contributed by atoms with E-state index in [0.29, 0.717) is 19.8 Å². The second kappa shape index (κ2) is 8.59. The Morgan fingerprint density at radius 1 is 1.20 bits per heavy atom. The van der Waals surface area contributed by atoms with E-state index in [1.165, 1.54) is 0 Å². The Morgan fingerprint density at radius 2 is 1.90 bits per heavy atom. The van der Waals surface area contributed by atoms with Crippen LogP contribution in [0.1, 0.15) is 0 Å². The average Bonchev–Trinajstić information content (AvgIpc) is 1.97. The summed E-state index contributed by atoms with van der Waals surface area (Å²) in [4.78, 5) is 0. The molecule has 0 saturated heterocycles. The molecule has 0 aromatic carbocycles. The molecular formula is C7H13FO2. The minimum atomic E-state index is -0.429. The summed E-state index contributed by atoms with van der Waals surface area (Å²) in [6.45, 7) is 4.69. The first-order chi connectivity index (χ1) is 4.91. The molecule has 10 heavy (non-hydrogen) atoms. The van der Waals surface area contributed by atoms with E-state index < -0.39 is 6.67 Å². The van der Waals surface area contributed by atoms with E-state index in [4.69, 9.17) is 9.47 Å². The fourth-order valence-corrected chi connectivity index (χ4v) is 0.441. The standard InChI is InChI=1S/C7H13FO2/c1-2-4-9-6-7-10-5-3-8/h2H,1,3-7H2. The largest absolute Gasteiger partial charge is 0.376 e. The molecule has 0 aliphatic carbocycles. The fraction of sp³-hybridized carbons (Fsp3) is 0.714. The quantitative estimate of drug-likeness (QED) is 0.398. The Hall–Kier alpha value is -0.410. The van der Waals surface area contributed by atoms with Crippen molar-refractivity contribution in [1.82, 2.24) is 0 Å². The minimum absolute atomic E-state index is 0.164. The molecule has 0 aromatic heterocycles. The molecule has 0 atom stereocenters. The Balaban J connectivity index is 2.70. The summed E-state index contributed by atoms with van der Waals surface area (Å²) >= 11 is 0. The molecule has 0 N–H and O–H groups in total. The zero-order chi connectivity index (χ0) is 7.66. The zero-order valence-electron chi connectivity index (χ0n) is 6.01.